The van der Waals surface area contributed by atoms with Crippen molar-refractivity contribution < 1.29 is 28.2 Å². The van der Waals surface area contributed by atoms with Gasteiger partial charge in [-0.15, -0.1) is 11.3 Å². The zero-order chi connectivity index (χ0) is 26.4. The summed E-state index contributed by atoms with van der Waals surface area (Å²) in [6.45, 7) is 1.86. The number of fused-ring (bicyclic) bond motifs is 1. The van der Waals surface area contributed by atoms with Crippen molar-refractivity contribution in [1.82, 2.24) is 15.0 Å². The number of nitrogens with zero attached hydrogens (tertiary/aromatic N) is 3. The van der Waals surface area contributed by atoms with E-state index in [2.05, 4.69) is 20.3 Å². The van der Waals surface area contributed by atoms with E-state index in [9.17, 15) is 28.2 Å². The molecule has 37 heavy (non-hydrogen) atoms. The molecule has 5 rings (SSSR count). The fraction of sp³-hybridized carbons (Fsp3) is 0.308. The molecule has 1 aromatic carbocycles. The van der Waals surface area contributed by atoms with E-state index >= 15 is 0 Å². The van der Waals surface area contributed by atoms with Gasteiger partial charge in [0.05, 0.1) is 10.8 Å². The van der Waals surface area contributed by atoms with Crippen LogP contribution >= 0.6 is 11.3 Å². The number of nitrogens with one attached hydrogen (secondary N) is 1. The lowest BCUT2D eigenvalue weighted by Crippen LogP contribution is -2.39. The van der Waals surface area contributed by atoms with Crippen molar-refractivity contribution in [3.05, 3.63) is 76.7 Å². The first-order valence-electron chi connectivity index (χ1n) is 11.6. The van der Waals surface area contributed by atoms with Gasteiger partial charge in [-0.2, -0.15) is 13.2 Å². The van der Waals surface area contributed by atoms with E-state index in [4.69, 9.17) is 0 Å². The summed E-state index contributed by atoms with van der Waals surface area (Å²) in [6.07, 6.45) is 4.89. The molecule has 11 heteroatoms. The number of aliphatic hydroxyl groups is 1. The zero-order valence-corrected chi connectivity index (χ0v) is 20.5. The van der Waals surface area contributed by atoms with Gasteiger partial charge in [-0.05, 0) is 61.6 Å². The highest BCUT2D eigenvalue weighted by atomic mass is 32.1. The highest BCUT2D eigenvalue weighted by Gasteiger charge is 2.45. The van der Waals surface area contributed by atoms with E-state index in [0.717, 1.165) is 33.8 Å². The molecule has 3 N–H and O–H groups in total. The van der Waals surface area contributed by atoms with Crippen LogP contribution in [0.15, 0.2) is 60.5 Å². The van der Waals surface area contributed by atoms with Crippen LogP contribution in [0.2, 0.25) is 0 Å². The second-order valence-electron chi connectivity index (χ2n) is 9.30. The molecule has 1 saturated carbocycles. The summed E-state index contributed by atoms with van der Waals surface area (Å²) in [5, 5.41) is 24.4. The smallest absolute Gasteiger partial charge is 0.433 e. The number of aliphatic carboxylic acids is 1. The number of thiazole rings is 1. The Hall–Kier alpha value is -3.57. The Balaban J connectivity index is 1.41. The van der Waals surface area contributed by atoms with Gasteiger partial charge in [-0.25, -0.2) is 15.0 Å². The summed E-state index contributed by atoms with van der Waals surface area (Å²) in [5.41, 5.74) is 0.668. The molecule has 0 amide bonds. The van der Waals surface area contributed by atoms with Gasteiger partial charge in [0.15, 0.2) is 0 Å². The van der Waals surface area contributed by atoms with E-state index in [0.29, 0.717) is 30.0 Å². The number of anilines is 2. The lowest BCUT2D eigenvalue weighted by molar-refractivity contribution is -0.143. The molecular weight excluding hydrogens is 505 g/mol. The number of hydrogen-bond donors (Lipinski definition) is 3. The minimum Gasteiger partial charge on any atom is -0.481 e. The van der Waals surface area contributed by atoms with Gasteiger partial charge in [0, 0.05) is 24.0 Å². The number of aryl methyl sites for hydroxylation is 1. The van der Waals surface area contributed by atoms with Crippen LogP contribution in [0, 0.1) is 18.8 Å². The molecule has 2 aliphatic carbocycles. The maximum atomic E-state index is 13.0. The quantitative estimate of drug-likeness (QED) is 0.381. The second kappa shape index (κ2) is 9.38. The molecule has 3 aromatic rings. The van der Waals surface area contributed by atoms with Gasteiger partial charge in [0.2, 0.25) is 5.95 Å². The predicted molar refractivity (Wildman–Crippen MR) is 132 cm³/mol. The van der Waals surface area contributed by atoms with Gasteiger partial charge in [0.1, 0.15) is 16.3 Å². The van der Waals surface area contributed by atoms with Crippen molar-refractivity contribution in [3.8, 4) is 10.4 Å². The average Bonchev–Trinajstić information content (AvgIpc) is 3.35. The number of carboxylic acids is 1. The van der Waals surface area contributed by atoms with E-state index in [1.807, 2.05) is 19.1 Å². The fourth-order valence-corrected chi connectivity index (χ4v) is 5.96. The van der Waals surface area contributed by atoms with Crippen LogP contribution in [0.5, 0.6) is 0 Å². The van der Waals surface area contributed by atoms with Crippen molar-refractivity contribution in [1.29, 1.82) is 0 Å². The number of hydrogen-bond acceptors (Lipinski definition) is 7. The SMILES string of the molecule is Cc1cc(Nc2nccc(C(F)(F)F)n2)cc(-c2cnc(C3(O)C=CC=C4CC(C(=O)O)CCC43)s2)c1. The number of aromatic nitrogens is 3. The topological polar surface area (TPSA) is 108 Å². The van der Waals surface area contributed by atoms with Crippen LogP contribution in [0.4, 0.5) is 24.8 Å². The van der Waals surface area contributed by atoms with Crippen molar-refractivity contribution in [2.75, 3.05) is 5.32 Å². The highest BCUT2D eigenvalue weighted by molar-refractivity contribution is 7.15. The minimum atomic E-state index is -4.58. The first-order chi connectivity index (χ1) is 17.5. The molecule has 192 valence electrons. The van der Waals surface area contributed by atoms with Gasteiger partial charge in [-0.1, -0.05) is 23.8 Å². The maximum Gasteiger partial charge on any atom is 0.433 e. The largest absolute Gasteiger partial charge is 0.481 e. The van der Waals surface area contributed by atoms with Crippen LogP contribution in [0.1, 0.15) is 35.5 Å². The summed E-state index contributed by atoms with van der Waals surface area (Å²) >= 11 is 1.32. The predicted octanol–water partition coefficient (Wildman–Crippen LogP) is 5.86. The molecule has 0 radical (unpaired) electrons. The zero-order valence-electron chi connectivity index (χ0n) is 19.7. The van der Waals surface area contributed by atoms with Gasteiger partial charge in [0.25, 0.3) is 0 Å². The highest BCUT2D eigenvalue weighted by Crippen LogP contribution is 2.48. The van der Waals surface area contributed by atoms with Gasteiger partial charge in [-0.3, -0.25) is 4.79 Å². The van der Waals surface area contributed by atoms with Crippen LogP contribution in [0.3, 0.4) is 0 Å². The summed E-state index contributed by atoms with van der Waals surface area (Å²) in [4.78, 5) is 24.2. The number of halogens is 3. The fourth-order valence-electron chi connectivity index (χ4n) is 4.93. The molecule has 3 atom stereocenters. The van der Waals surface area contributed by atoms with Crippen molar-refractivity contribution in [2.24, 2.45) is 11.8 Å². The van der Waals surface area contributed by atoms with E-state index in [1.165, 1.54) is 11.3 Å². The lowest BCUT2D eigenvalue weighted by atomic mass is 9.68. The third kappa shape index (κ3) is 5.01. The number of carbonyl (C=O) groups is 1. The van der Waals surface area contributed by atoms with Crippen molar-refractivity contribution in [3.63, 3.8) is 0 Å². The standard InChI is InChI=1S/C26H23F3N4O3S/c1-14-9-17(12-18(10-14)32-24-30-8-6-21(33-24)26(27,28)29)20-13-31-23(37-20)25(36)7-2-3-15-11-16(22(34)35)4-5-19(15)25/h2-3,6-10,12-13,16,19,36H,4-5,11H2,1H3,(H,34,35)(H,30,32,33). The summed E-state index contributed by atoms with van der Waals surface area (Å²) < 4.78 is 39.1. The van der Waals surface area contributed by atoms with Gasteiger partial charge < -0.3 is 15.5 Å². The Morgan fingerprint density at radius 2 is 2.03 bits per heavy atom. The molecule has 0 aliphatic heterocycles. The van der Waals surface area contributed by atoms with Crippen LogP contribution in [-0.2, 0) is 16.6 Å². The van der Waals surface area contributed by atoms with Crippen molar-refractivity contribution in [2.45, 2.75) is 38.0 Å². The molecule has 2 aromatic heterocycles. The Labute approximate surface area is 214 Å². The van der Waals surface area contributed by atoms with E-state index in [-0.39, 0.29) is 11.9 Å². The maximum absolute atomic E-state index is 13.0. The van der Waals surface area contributed by atoms with Crippen LogP contribution in [-0.4, -0.2) is 31.1 Å². The molecule has 2 heterocycles. The molecule has 1 fully saturated rings. The third-order valence-electron chi connectivity index (χ3n) is 6.69. The molecule has 0 bridgehead atoms. The molecule has 7 nitrogen and oxygen atoms in total. The van der Waals surface area contributed by atoms with Crippen molar-refractivity contribution >= 4 is 28.9 Å². The Bertz CT molecular complexity index is 1420. The first-order valence-corrected chi connectivity index (χ1v) is 12.4. The molecule has 0 saturated heterocycles. The van der Waals surface area contributed by atoms with Crippen LogP contribution in [0.25, 0.3) is 10.4 Å². The van der Waals surface area contributed by atoms with Gasteiger partial charge >= 0.3 is 12.1 Å². The molecule has 2 aliphatic rings. The third-order valence-corrected chi connectivity index (χ3v) is 7.87. The molecule has 3 unspecified atom stereocenters. The number of alkyl halides is 3. The Morgan fingerprint density at radius 1 is 1.22 bits per heavy atom. The summed E-state index contributed by atoms with van der Waals surface area (Å²) in [7, 11) is 0. The summed E-state index contributed by atoms with van der Waals surface area (Å²) in [6, 6.07) is 6.26. The van der Waals surface area contributed by atoms with E-state index in [1.54, 1.807) is 30.5 Å². The first kappa shape index (κ1) is 25.1. The minimum absolute atomic E-state index is 0.172. The number of allylic oxidation sites excluding steroid dienone is 2. The molecular formula is C26H23F3N4O3S. The second-order valence-corrected chi connectivity index (χ2v) is 10.3. The lowest BCUT2D eigenvalue weighted by Gasteiger charge is -2.40. The number of rotatable bonds is 5. The monoisotopic (exact) mass is 528 g/mol. The Morgan fingerprint density at radius 3 is 2.78 bits per heavy atom. The molecule has 0 spiro atoms. The number of benzene rings is 1. The normalized spacial score (nSPS) is 23.3. The number of carboxylic acid groups (broad SMARTS) is 1. The average molecular weight is 529 g/mol. The Kier molecular flexibility index (Phi) is 6.36. The summed E-state index contributed by atoms with van der Waals surface area (Å²) in [5.74, 6) is -1.70. The van der Waals surface area contributed by atoms with Crippen LogP contribution < -0.4 is 5.32 Å². The van der Waals surface area contributed by atoms with E-state index < -0.39 is 29.4 Å².